The molecule has 2 nitrogen and oxygen atoms in total. The third kappa shape index (κ3) is 2.85. The van der Waals surface area contributed by atoms with Crippen LogP contribution in [0.5, 0.6) is 0 Å². The normalized spacial score (nSPS) is 23.3. The van der Waals surface area contributed by atoms with E-state index in [9.17, 15) is 5.11 Å². The van der Waals surface area contributed by atoms with Crippen LogP contribution in [0.1, 0.15) is 42.5 Å². The highest BCUT2D eigenvalue weighted by Gasteiger charge is 2.36. The van der Waals surface area contributed by atoms with Gasteiger partial charge in [0.25, 0.3) is 0 Å². The fourth-order valence-corrected chi connectivity index (χ4v) is 2.67. The maximum absolute atomic E-state index is 10.2. The topological polar surface area (TPSA) is 33.4 Å². The predicted molar refractivity (Wildman–Crippen MR) is 75.3 cm³/mol. The lowest BCUT2D eigenvalue weighted by molar-refractivity contribution is 0.148. The summed E-state index contributed by atoms with van der Waals surface area (Å²) in [6.45, 7) is 2.22. The van der Waals surface area contributed by atoms with Crippen molar-refractivity contribution in [2.24, 2.45) is 5.92 Å². The Hall–Kier alpha value is -1.25. The third-order valence-electron chi connectivity index (χ3n) is 3.77. The number of aliphatic hydroxyl groups excluding tert-OH is 1. The van der Waals surface area contributed by atoms with Gasteiger partial charge in [-0.2, -0.15) is 0 Å². The van der Waals surface area contributed by atoms with Gasteiger partial charge in [0.15, 0.2) is 0 Å². The highest BCUT2D eigenvalue weighted by atomic mass is 35.5. The Balaban J connectivity index is 1.70. The van der Waals surface area contributed by atoms with Gasteiger partial charge >= 0.3 is 0 Å². The Morgan fingerprint density at radius 1 is 1.37 bits per heavy atom. The van der Waals surface area contributed by atoms with E-state index in [1.54, 1.807) is 0 Å². The van der Waals surface area contributed by atoms with Crippen molar-refractivity contribution < 1.29 is 9.52 Å². The zero-order valence-electron chi connectivity index (χ0n) is 10.8. The van der Waals surface area contributed by atoms with Crippen molar-refractivity contribution in [3.05, 3.63) is 58.5 Å². The van der Waals surface area contributed by atoms with E-state index in [4.69, 9.17) is 16.0 Å². The minimum Gasteiger partial charge on any atom is -0.463 e. The first kappa shape index (κ1) is 12.8. The van der Waals surface area contributed by atoms with E-state index in [0.29, 0.717) is 29.0 Å². The Kier molecular flexibility index (Phi) is 3.38. The van der Waals surface area contributed by atoms with Gasteiger partial charge in [0, 0.05) is 17.4 Å². The van der Waals surface area contributed by atoms with E-state index in [1.807, 2.05) is 36.4 Å². The number of aliphatic hydroxyl groups is 1. The van der Waals surface area contributed by atoms with Gasteiger partial charge in [-0.3, -0.25) is 0 Å². The summed E-state index contributed by atoms with van der Waals surface area (Å²) in [5, 5.41) is 10.9. The number of benzene rings is 1. The summed E-state index contributed by atoms with van der Waals surface area (Å²) in [6.07, 6.45) is 1.10. The first-order chi connectivity index (χ1) is 9.13. The second-order valence-corrected chi connectivity index (χ2v) is 5.85. The van der Waals surface area contributed by atoms with Gasteiger partial charge in [0.2, 0.25) is 0 Å². The lowest BCUT2D eigenvalue weighted by Gasteiger charge is -2.08. The molecule has 1 aromatic heterocycles. The molecule has 1 aliphatic rings. The van der Waals surface area contributed by atoms with Gasteiger partial charge in [-0.05, 0) is 42.2 Å². The molecule has 3 unspecified atom stereocenters. The summed E-state index contributed by atoms with van der Waals surface area (Å²) in [4.78, 5) is 0. The number of furan rings is 1. The number of halogens is 1. The fraction of sp³-hybridized carbons (Fsp3) is 0.375. The molecule has 2 aromatic rings. The molecule has 0 aliphatic heterocycles. The van der Waals surface area contributed by atoms with Crippen LogP contribution < -0.4 is 0 Å². The largest absolute Gasteiger partial charge is 0.463 e. The Labute approximate surface area is 118 Å². The first-order valence-electron chi connectivity index (χ1n) is 6.65. The SMILES string of the molecule is CC1CC1c1ccc(C(O)Cc2cccc(Cl)c2)o1. The second kappa shape index (κ2) is 5.03. The van der Waals surface area contributed by atoms with E-state index in [0.717, 1.165) is 11.3 Å². The fourth-order valence-electron chi connectivity index (χ4n) is 2.45. The van der Waals surface area contributed by atoms with Gasteiger partial charge in [-0.25, -0.2) is 0 Å². The molecule has 0 amide bonds. The quantitative estimate of drug-likeness (QED) is 0.901. The van der Waals surface area contributed by atoms with Crippen LogP contribution >= 0.6 is 11.6 Å². The smallest absolute Gasteiger partial charge is 0.133 e. The van der Waals surface area contributed by atoms with Crippen molar-refractivity contribution in [3.63, 3.8) is 0 Å². The van der Waals surface area contributed by atoms with Crippen molar-refractivity contribution in [2.75, 3.05) is 0 Å². The summed E-state index contributed by atoms with van der Waals surface area (Å²) in [6, 6.07) is 11.4. The van der Waals surface area contributed by atoms with Crippen LogP contribution in [0.15, 0.2) is 40.8 Å². The Morgan fingerprint density at radius 2 is 2.16 bits per heavy atom. The molecular formula is C16H17ClO2. The third-order valence-corrected chi connectivity index (χ3v) is 4.00. The van der Waals surface area contributed by atoms with Crippen molar-refractivity contribution >= 4 is 11.6 Å². The summed E-state index contributed by atoms with van der Waals surface area (Å²) in [5.74, 6) is 2.91. The van der Waals surface area contributed by atoms with Crippen LogP contribution in [0.4, 0.5) is 0 Å². The molecule has 3 heteroatoms. The van der Waals surface area contributed by atoms with Crippen molar-refractivity contribution in [1.82, 2.24) is 0 Å². The molecule has 1 aliphatic carbocycles. The maximum Gasteiger partial charge on any atom is 0.133 e. The first-order valence-corrected chi connectivity index (χ1v) is 7.03. The standard InChI is InChI=1S/C16H17ClO2/c1-10-7-13(10)15-5-6-16(19-15)14(18)9-11-3-2-4-12(17)8-11/h2-6,8,10,13-14,18H,7,9H2,1H3. The van der Waals surface area contributed by atoms with Crippen molar-refractivity contribution in [2.45, 2.75) is 31.8 Å². The molecule has 0 spiro atoms. The van der Waals surface area contributed by atoms with E-state index in [-0.39, 0.29) is 0 Å². The lowest BCUT2D eigenvalue weighted by Crippen LogP contribution is -2.00. The molecule has 100 valence electrons. The summed E-state index contributed by atoms with van der Waals surface area (Å²) in [7, 11) is 0. The summed E-state index contributed by atoms with van der Waals surface area (Å²) < 4.78 is 5.76. The molecule has 0 saturated heterocycles. The Morgan fingerprint density at radius 3 is 2.84 bits per heavy atom. The van der Waals surface area contributed by atoms with E-state index in [2.05, 4.69) is 6.92 Å². The highest BCUT2D eigenvalue weighted by molar-refractivity contribution is 6.30. The summed E-state index contributed by atoms with van der Waals surface area (Å²) >= 11 is 5.94. The van der Waals surface area contributed by atoms with Crippen LogP contribution in [0, 0.1) is 5.92 Å². The number of rotatable bonds is 4. The molecule has 19 heavy (non-hydrogen) atoms. The van der Waals surface area contributed by atoms with Gasteiger partial charge in [-0.1, -0.05) is 30.7 Å². The van der Waals surface area contributed by atoms with E-state index in [1.165, 1.54) is 6.42 Å². The minimum absolute atomic E-state index is 0.522. The molecule has 1 N–H and O–H groups in total. The molecular weight excluding hydrogens is 260 g/mol. The summed E-state index contributed by atoms with van der Waals surface area (Å²) in [5.41, 5.74) is 1.01. The van der Waals surface area contributed by atoms with E-state index < -0.39 is 6.10 Å². The molecule has 3 rings (SSSR count). The average Bonchev–Trinajstić information content (AvgIpc) is 2.91. The van der Waals surface area contributed by atoms with Gasteiger partial charge in [0.1, 0.15) is 17.6 Å². The minimum atomic E-state index is -0.610. The van der Waals surface area contributed by atoms with Gasteiger partial charge < -0.3 is 9.52 Å². The monoisotopic (exact) mass is 276 g/mol. The second-order valence-electron chi connectivity index (χ2n) is 5.41. The van der Waals surface area contributed by atoms with Crippen LogP contribution in [-0.2, 0) is 6.42 Å². The van der Waals surface area contributed by atoms with Crippen LogP contribution in [0.25, 0.3) is 0 Å². The van der Waals surface area contributed by atoms with Crippen LogP contribution in [-0.4, -0.2) is 5.11 Å². The Bertz CT molecular complexity index is 576. The van der Waals surface area contributed by atoms with Crippen molar-refractivity contribution in [3.8, 4) is 0 Å². The molecule has 1 fully saturated rings. The molecule has 1 heterocycles. The van der Waals surface area contributed by atoms with Crippen LogP contribution in [0.3, 0.4) is 0 Å². The van der Waals surface area contributed by atoms with Crippen LogP contribution in [0.2, 0.25) is 5.02 Å². The molecule has 3 atom stereocenters. The molecule has 0 bridgehead atoms. The molecule has 0 radical (unpaired) electrons. The number of hydrogen-bond acceptors (Lipinski definition) is 2. The zero-order valence-corrected chi connectivity index (χ0v) is 11.6. The zero-order chi connectivity index (χ0) is 13.4. The van der Waals surface area contributed by atoms with Crippen molar-refractivity contribution in [1.29, 1.82) is 0 Å². The predicted octanol–water partition coefficient (Wildman–Crippen LogP) is 4.33. The van der Waals surface area contributed by atoms with Gasteiger partial charge in [0.05, 0.1) is 0 Å². The lowest BCUT2D eigenvalue weighted by atomic mass is 10.1. The average molecular weight is 277 g/mol. The highest BCUT2D eigenvalue weighted by Crippen LogP contribution is 2.47. The maximum atomic E-state index is 10.2. The van der Waals surface area contributed by atoms with E-state index >= 15 is 0 Å². The van der Waals surface area contributed by atoms with Gasteiger partial charge in [-0.15, -0.1) is 0 Å². The number of hydrogen-bond donors (Lipinski definition) is 1. The molecule has 1 saturated carbocycles. The molecule has 1 aromatic carbocycles.